The molecule has 1 rings (SSSR count). The number of nitrogens with one attached hydrogen (secondary N) is 1. The summed E-state index contributed by atoms with van der Waals surface area (Å²) >= 11 is 0. The highest BCUT2D eigenvalue weighted by Crippen LogP contribution is 2.18. The first kappa shape index (κ1) is 14.0. The number of hydrogen-bond donors (Lipinski definition) is 1. The van der Waals surface area contributed by atoms with Crippen molar-refractivity contribution < 1.29 is 4.74 Å². The molecule has 0 radical (unpaired) electrons. The van der Waals surface area contributed by atoms with Crippen molar-refractivity contribution in [1.82, 2.24) is 10.2 Å². The zero-order valence-electron chi connectivity index (χ0n) is 11.4. The molecule has 0 spiro atoms. The highest BCUT2D eigenvalue weighted by Gasteiger charge is 2.07. The minimum absolute atomic E-state index is 0.464. The Kier molecular flexibility index (Phi) is 6.01. The minimum atomic E-state index is 0.464. The lowest BCUT2D eigenvalue weighted by Crippen LogP contribution is -2.34. The summed E-state index contributed by atoms with van der Waals surface area (Å²) in [5.74, 6) is 0.980. The molecule has 0 heterocycles. The van der Waals surface area contributed by atoms with Crippen LogP contribution in [0.3, 0.4) is 0 Å². The predicted molar refractivity (Wildman–Crippen MR) is 72.7 cm³/mol. The molecule has 1 atom stereocenters. The van der Waals surface area contributed by atoms with Gasteiger partial charge in [0.25, 0.3) is 0 Å². The van der Waals surface area contributed by atoms with Gasteiger partial charge in [-0.3, -0.25) is 0 Å². The van der Waals surface area contributed by atoms with Crippen LogP contribution in [0.25, 0.3) is 0 Å². The van der Waals surface area contributed by atoms with E-state index in [1.807, 2.05) is 12.1 Å². The highest BCUT2D eigenvalue weighted by molar-refractivity contribution is 5.33. The first-order valence-corrected chi connectivity index (χ1v) is 6.13. The summed E-state index contributed by atoms with van der Waals surface area (Å²) in [7, 11) is 5.90. The number of benzene rings is 1. The molecule has 0 aliphatic rings. The molecular formula is C14H24N2O. The van der Waals surface area contributed by atoms with Gasteiger partial charge in [-0.15, -0.1) is 0 Å². The largest absolute Gasteiger partial charge is 0.496 e. The van der Waals surface area contributed by atoms with Crippen LogP contribution in [0, 0.1) is 0 Å². The Morgan fingerprint density at radius 2 is 2.00 bits per heavy atom. The molecule has 0 bridgehead atoms. The van der Waals surface area contributed by atoms with Gasteiger partial charge in [-0.05, 0) is 39.1 Å². The third-order valence-corrected chi connectivity index (χ3v) is 2.77. The van der Waals surface area contributed by atoms with Gasteiger partial charge in [0.15, 0.2) is 0 Å². The van der Waals surface area contributed by atoms with Crippen LogP contribution in [0.2, 0.25) is 0 Å². The lowest BCUT2D eigenvalue weighted by molar-refractivity contribution is 0.382. The van der Waals surface area contributed by atoms with Crippen molar-refractivity contribution in [2.24, 2.45) is 0 Å². The maximum Gasteiger partial charge on any atom is 0.122 e. The van der Waals surface area contributed by atoms with Gasteiger partial charge < -0.3 is 15.0 Å². The average Bonchev–Trinajstić information content (AvgIpc) is 2.29. The molecule has 0 fully saturated rings. The summed E-state index contributed by atoms with van der Waals surface area (Å²) in [4.78, 5) is 2.18. The van der Waals surface area contributed by atoms with Crippen molar-refractivity contribution in [2.75, 3.05) is 34.3 Å². The maximum atomic E-state index is 5.35. The lowest BCUT2D eigenvalue weighted by Gasteiger charge is -2.17. The number of rotatable bonds is 7. The quantitative estimate of drug-likeness (QED) is 0.781. The van der Waals surface area contributed by atoms with Crippen molar-refractivity contribution in [2.45, 2.75) is 19.4 Å². The van der Waals surface area contributed by atoms with E-state index in [0.29, 0.717) is 6.04 Å². The van der Waals surface area contributed by atoms with Gasteiger partial charge in [0.2, 0.25) is 0 Å². The zero-order valence-corrected chi connectivity index (χ0v) is 11.4. The van der Waals surface area contributed by atoms with Gasteiger partial charge in [-0.1, -0.05) is 18.2 Å². The van der Waals surface area contributed by atoms with E-state index < -0.39 is 0 Å². The molecule has 0 saturated heterocycles. The Labute approximate surface area is 105 Å². The maximum absolute atomic E-state index is 5.35. The van der Waals surface area contributed by atoms with Gasteiger partial charge in [0.1, 0.15) is 5.75 Å². The molecule has 1 aromatic carbocycles. The highest BCUT2D eigenvalue weighted by atomic mass is 16.5. The zero-order chi connectivity index (χ0) is 12.7. The molecule has 0 amide bonds. The standard InChI is InChI=1S/C14H24N2O/c1-12(15-9-10-16(2)3)11-13-7-5-6-8-14(13)17-4/h5-8,12,15H,9-11H2,1-4H3/t12-/m1/s1. The predicted octanol–water partition coefficient (Wildman–Crippen LogP) is 1.78. The average molecular weight is 236 g/mol. The molecule has 0 aliphatic heterocycles. The van der Waals surface area contributed by atoms with Crippen molar-refractivity contribution in [3.05, 3.63) is 29.8 Å². The number of para-hydroxylation sites is 1. The van der Waals surface area contributed by atoms with Gasteiger partial charge in [-0.2, -0.15) is 0 Å². The van der Waals surface area contributed by atoms with Crippen LogP contribution in [-0.4, -0.2) is 45.2 Å². The summed E-state index contributed by atoms with van der Waals surface area (Å²) in [6, 6.07) is 8.67. The van der Waals surface area contributed by atoms with Crippen LogP contribution in [0.1, 0.15) is 12.5 Å². The molecule has 0 saturated carbocycles. The van der Waals surface area contributed by atoms with E-state index >= 15 is 0 Å². The number of likely N-dealkylation sites (N-methyl/N-ethyl adjacent to an activating group) is 1. The number of nitrogens with zero attached hydrogens (tertiary/aromatic N) is 1. The van der Waals surface area contributed by atoms with Gasteiger partial charge >= 0.3 is 0 Å². The lowest BCUT2D eigenvalue weighted by atomic mass is 10.1. The Bertz CT molecular complexity index is 326. The van der Waals surface area contributed by atoms with E-state index in [1.165, 1.54) is 5.56 Å². The van der Waals surface area contributed by atoms with E-state index in [-0.39, 0.29) is 0 Å². The summed E-state index contributed by atoms with van der Waals surface area (Å²) in [5, 5.41) is 3.52. The first-order valence-electron chi connectivity index (χ1n) is 6.13. The van der Waals surface area contributed by atoms with Crippen LogP contribution in [-0.2, 0) is 6.42 Å². The molecule has 0 aliphatic carbocycles. The topological polar surface area (TPSA) is 24.5 Å². The van der Waals surface area contributed by atoms with Gasteiger partial charge in [0.05, 0.1) is 7.11 Å². The van der Waals surface area contributed by atoms with Crippen molar-refractivity contribution in [3.8, 4) is 5.75 Å². The van der Waals surface area contributed by atoms with Crippen LogP contribution in [0.5, 0.6) is 5.75 Å². The molecule has 1 N–H and O–H groups in total. The van der Waals surface area contributed by atoms with Crippen molar-refractivity contribution in [3.63, 3.8) is 0 Å². The van der Waals surface area contributed by atoms with Crippen LogP contribution < -0.4 is 10.1 Å². The van der Waals surface area contributed by atoms with Gasteiger partial charge in [-0.25, -0.2) is 0 Å². The van der Waals surface area contributed by atoms with E-state index in [9.17, 15) is 0 Å². The van der Waals surface area contributed by atoms with Crippen molar-refractivity contribution in [1.29, 1.82) is 0 Å². The fourth-order valence-corrected chi connectivity index (χ4v) is 1.81. The second-order valence-electron chi connectivity index (χ2n) is 4.67. The van der Waals surface area contributed by atoms with Crippen LogP contribution in [0.15, 0.2) is 24.3 Å². The fraction of sp³-hybridized carbons (Fsp3) is 0.571. The summed E-state index contributed by atoms with van der Waals surface area (Å²) in [6.45, 7) is 4.29. The van der Waals surface area contributed by atoms with Gasteiger partial charge in [0, 0.05) is 19.1 Å². The molecule has 0 unspecified atom stereocenters. The first-order chi connectivity index (χ1) is 8.13. The second-order valence-corrected chi connectivity index (χ2v) is 4.67. The molecule has 96 valence electrons. The van der Waals surface area contributed by atoms with E-state index in [1.54, 1.807) is 7.11 Å². The summed E-state index contributed by atoms with van der Waals surface area (Å²) < 4.78 is 5.35. The molecule has 3 heteroatoms. The Morgan fingerprint density at radius 3 is 2.65 bits per heavy atom. The molecule has 1 aromatic rings. The molecule has 17 heavy (non-hydrogen) atoms. The Morgan fingerprint density at radius 1 is 1.29 bits per heavy atom. The normalized spacial score (nSPS) is 12.8. The number of methoxy groups -OCH3 is 1. The molecule has 0 aromatic heterocycles. The number of hydrogen-bond acceptors (Lipinski definition) is 3. The second kappa shape index (κ2) is 7.30. The van der Waals surface area contributed by atoms with E-state index in [2.05, 4.69) is 43.4 Å². The van der Waals surface area contributed by atoms with Crippen LogP contribution in [0.4, 0.5) is 0 Å². The monoisotopic (exact) mass is 236 g/mol. The third kappa shape index (κ3) is 5.20. The third-order valence-electron chi connectivity index (χ3n) is 2.77. The molecule has 3 nitrogen and oxygen atoms in total. The molecular weight excluding hydrogens is 212 g/mol. The summed E-state index contributed by atoms with van der Waals surface area (Å²) in [5.41, 5.74) is 1.26. The van der Waals surface area contributed by atoms with E-state index in [0.717, 1.165) is 25.3 Å². The SMILES string of the molecule is COc1ccccc1C[C@@H](C)NCCN(C)C. The van der Waals surface area contributed by atoms with Crippen LogP contribution >= 0.6 is 0 Å². The minimum Gasteiger partial charge on any atom is -0.496 e. The Balaban J connectivity index is 2.41. The van der Waals surface area contributed by atoms with Crippen molar-refractivity contribution >= 4 is 0 Å². The Hall–Kier alpha value is -1.06. The number of ether oxygens (including phenoxy) is 1. The smallest absolute Gasteiger partial charge is 0.122 e. The fourth-order valence-electron chi connectivity index (χ4n) is 1.81. The summed E-state index contributed by atoms with van der Waals surface area (Å²) in [6.07, 6.45) is 0.997. The van der Waals surface area contributed by atoms with E-state index in [4.69, 9.17) is 4.74 Å².